The number of hydrogen-bond donors (Lipinski definition) is 4. The molecule has 5 N–H and O–H groups in total. The minimum atomic E-state index is -1.05. The van der Waals surface area contributed by atoms with E-state index < -0.39 is 18.0 Å². The molecule has 0 saturated heterocycles. The SMILES string of the molecule is N[C@@H](CS[Se]c1ccccc1C(=O)Nc1ccc(C(=O)O)cc1)C(=O)O. The van der Waals surface area contributed by atoms with Crippen LogP contribution in [0.3, 0.4) is 0 Å². The van der Waals surface area contributed by atoms with Crippen LogP contribution in [-0.2, 0) is 4.79 Å². The Bertz CT molecular complexity index is 813. The van der Waals surface area contributed by atoms with E-state index in [4.69, 9.17) is 15.9 Å². The summed E-state index contributed by atoms with van der Waals surface area (Å²) in [6.45, 7) is 0. The van der Waals surface area contributed by atoms with Gasteiger partial charge in [0.2, 0.25) is 0 Å². The number of carbonyl (C=O) groups excluding carboxylic acids is 1. The van der Waals surface area contributed by atoms with Gasteiger partial charge in [0.1, 0.15) is 0 Å². The number of carboxylic acids is 2. The Hall–Kier alpha value is -2.32. The summed E-state index contributed by atoms with van der Waals surface area (Å²) in [4.78, 5) is 34.1. The van der Waals surface area contributed by atoms with Crippen LogP contribution < -0.4 is 15.5 Å². The Labute approximate surface area is 159 Å². The van der Waals surface area contributed by atoms with Crippen molar-refractivity contribution in [3.63, 3.8) is 0 Å². The summed E-state index contributed by atoms with van der Waals surface area (Å²) in [6.07, 6.45) is 0. The van der Waals surface area contributed by atoms with Crippen molar-refractivity contribution in [3.05, 3.63) is 59.7 Å². The number of amides is 1. The molecule has 1 amide bonds. The van der Waals surface area contributed by atoms with E-state index in [0.717, 1.165) is 4.46 Å². The van der Waals surface area contributed by atoms with Gasteiger partial charge < -0.3 is 0 Å². The second kappa shape index (κ2) is 9.40. The number of rotatable bonds is 8. The number of anilines is 1. The molecule has 136 valence electrons. The number of nitrogens with one attached hydrogen (secondary N) is 1. The van der Waals surface area contributed by atoms with Crippen molar-refractivity contribution in [3.8, 4) is 0 Å². The van der Waals surface area contributed by atoms with Crippen LogP contribution >= 0.6 is 10.2 Å². The zero-order valence-corrected chi connectivity index (χ0v) is 15.9. The predicted octanol–water partition coefficient (Wildman–Crippen LogP) is 1.03. The molecule has 9 heteroatoms. The molecule has 7 nitrogen and oxygen atoms in total. The number of benzene rings is 2. The van der Waals surface area contributed by atoms with Crippen LogP contribution in [0.5, 0.6) is 0 Å². The summed E-state index contributed by atoms with van der Waals surface area (Å²) in [6, 6.07) is 12.0. The second-order valence-corrected chi connectivity index (χ2v) is 9.34. The first-order valence-electron chi connectivity index (χ1n) is 7.40. The number of aromatic carboxylic acids is 1. The van der Waals surface area contributed by atoms with E-state index in [1.807, 2.05) is 12.1 Å². The van der Waals surface area contributed by atoms with E-state index in [9.17, 15) is 14.4 Å². The fourth-order valence-corrected chi connectivity index (χ4v) is 6.06. The van der Waals surface area contributed by atoms with Crippen LogP contribution in [0.2, 0.25) is 0 Å². The first-order valence-corrected chi connectivity index (χ1v) is 11.3. The van der Waals surface area contributed by atoms with Gasteiger partial charge in [-0.1, -0.05) is 0 Å². The molecule has 26 heavy (non-hydrogen) atoms. The number of carbonyl (C=O) groups is 3. The van der Waals surface area contributed by atoms with Gasteiger partial charge in [0.05, 0.1) is 0 Å². The van der Waals surface area contributed by atoms with E-state index in [2.05, 4.69) is 5.32 Å². The molecule has 0 heterocycles. The van der Waals surface area contributed by atoms with Crippen molar-refractivity contribution in [2.45, 2.75) is 6.04 Å². The average molecular weight is 439 g/mol. The normalized spacial score (nSPS) is 11.6. The van der Waals surface area contributed by atoms with Gasteiger partial charge in [0.25, 0.3) is 0 Å². The standard InChI is InChI=1S/C17H16N2O5SSe/c18-13(17(23)24)9-25-26-14-4-2-1-3-12(14)15(20)19-11-7-5-10(6-8-11)16(21)22/h1-8,13H,9,18H2,(H,19,20)(H,21,22)(H,23,24)/t13-/m0/s1. The molecule has 0 bridgehead atoms. The zero-order chi connectivity index (χ0) is 19.1. The second-order valence-electron chi connectivity index (χ2n) is 5.15. The van der Waals surface area contributed by atoms with Crippen LogP contribution in [-0.4, -0.2) is 53.7 Å². The molecule has 2 aromatic carbocycles. The third kappa shape index (κ3) is 5.60. The van der Waals surface area contributed by atoms with Crippen LogP contribution in [0.15, 0.2) is 48.5 Å². The van der Waals surface area contributed by atoms with E-state index in [1.54, 1.807) is 12.1 Å². The molecule has 0 aliphatic heterocycles. The van der Waals surface area contributed by atoms with Gasteiger partial charge in [-0.3, -0.25) is 0 Å². The maximum absolute atomic E-state index is 12.5. The molecular weight excluding hydrogens is 423 g/mol. The van der Waals surface area contributed by atoms with Crippen LogP contribution in [0, 0.1) is 0 Å². The molecule has 0 aliphatic carbocycles. The van der Waals surface area contributed by atoms with Gasteiger partial charge in [-0.25, -0.2) is 0 Å². The van der Waals surface area contributed by atoms with Crippen LogP contribution in [0.1, 0.15) is 20.7 Å². The topological polar surface area (TPSA) is 130 Å². The molecule has 0 aliphatic rings. The molecule has 0 saturated carbocycles. The Morgan fingerprint density at radius 1 is 1.08 bits per heavy atom. The van der Waals surface area contributed by atoms with Crippen molar-refractivity contribution in [2.75, 3.05) is 11.1 Å². The predicted molar refractivity (Wildman–Crippen MR) is 101 cm³/mol. The maximum atomic E-state index is 12.5. The van der Waals surface area contributed by atoms with Crippen molar-refractivity contribution in [1.82, 2.24) is 0 Å². The van der Waals surface area contributed by atoms with Gasteiger partial charge in [0.15, 0.2) is 0 Å². The number of aliphatic carboxylic acids is 1. The summed E-state index contributed by atoms with van der Waals surface area (Å²) in [5.41, 5.74) is 6.60. The minimum absolute atomic E-state index is 0.137. The Balaban J connectivity index is 2.04. The van der Waals surface area contributed by atoms with Gasteiger partial charge in [0, 0.05) is 0 Å². The molecule has 0 fully saturated rings. The molecule has 2 rings (SSSR count). The average Bonchev–Trinajstić information content (AvgIpc) is 2.62. The summed E-state index contributed by atoms with van der Waals surface area (Å²) in [7, 11) is 1.40. The molecule has 1 atom stereocenters. The number of nitrogens with two attached hydrogens (primary N) is 1. The van der Waals surface area contributed by atoms with Crippen molar-refractivity contribution in [1.29, 1.82) is 0 Å². The van der Waals surface area contributed by atoms with Crippen LogP contribution in [0.25, 0.3) is 0 Å². The third-order valence-corrected chi connectivity index (χ3v) is 7.50. The quantitative estimate of drug-likeness (QED) is 0.452. The van der Waals surface area contributed by atoms with Crippen molar-refractivity contribution in [2.24, 2.45) is 5.73 Å². The molecule has 0 radical (unpaired) electrons. The Morgan fingerprint density at radius 3 is 2.35 bits per heavy atom. The van der Waals surface area contributed by atoms with E-state index in [-0.39, 0.29) is 31.1 Å². The number of hydrogen-bond acceptors (Lipinski definition) is 5. The molecule has 0 aromatic heterocycles. The fourth-order valence-electron chi connectivity index (χ4n) is 1.86. The molecule has 2 aromatic rings. The fraction of sp³-hybridized carbons (Fsp3) is 0.118. The summed E-state index contributed by atoms with van der Waals surface area (Å²) in [5.74, 6) is -2.13. The molecular formula is C17H16N2O5SSe. The van der Waals surface area contributed by atoms with E-state index in [0.29, 0.717) is 11.3 Å². The summed E-state index contributed by atoms with van der Waals surface area (Å²) >= 11 is -0.172. The van der Waals surface area contributed by atoms with Gasteiger partial charge in [-0.05, 0) is 0 Å². The summed E-state index contributed by atoms with van der Waals surface area (Å²) in [5, 5.41) is 20.4. The number of carboxylic acid groups (broad SMARTS) is 2. The summed E-state index contributed by atoms with van der Waals surface area (Å²) < 4.78 is 0.822. The van der Waals surface area contributed by atoms with E-state index >= 15 is 0 Å². The van der Waals surface area contributed by atoms with Crippen molar-refractivity contribution >= 4 is 52.0 Å². The molecule has 0 unspecified atom stereocenters. The third-order valence-electron chi connectivity index (χ3n) is 3.23. The van der Waals surface area contributed by atoms with Crippen molar-refractivity contribution < 1.29 is 24.6 Å². The van der Waals surface area contributed by atoms with Gasteiger partial charge in [-0.2, -0.15) is 0 Å². The molecule has 0 spiro atoms. The Kier molecular flexibility index (Phi) is 7.23. The monoisotopic (exact) mass is 440 g/mol. The van der Waals surface area contributed by atoms with Gasteiger partial charge in [-0.15, -0.1) is 0 Å². The van der Waals surface area contributed by atoms with E-state index in [1.165, 1.54) is 34.4 Å². The Morgan fingerprint density at radius 2 is 1.73 bits per heavy atom. The van der Waals surface area contributed by atoms with Crippen LogP contribution in [0.4, 0.5) is 5.69 Å². The van der Waals surface area contributed by atoms with Gasteiger partial charge >= 0.3 is 159 Å². The zero-order valence-electron chi connectivity index (χ0n) is 13.4. The first kappa shape index (κ1) is 20.0. The first-order chi connectivity index (χ1) is 12.4.